The predicted molar refractivity (Wildman–Crippen MR) is 73.5 cm³/mol. The summed E-state index contributed by atoms with van der Waals surface area (Å²) in [6.07, 6.45) is 0. The van der Waals surface area contributed by atoms with Crippen LogP contribution in [0.3, 0.4) is 0 Å². The summed E-state index contributed by atoms with van der Waals surface area (Å²) in [5.41, 5.74) is 1.18. The van der Waals surface area contributed by atoms with Gasteiger partial charge in [-0.15, -0.1) is 11.3 Å². The number of thiophene rings is 1. The molecule has 0 saturated heterocycles. The normalized spacial score (nSPS) is 11.3. The molecule has 2 nitrogen and oxygen atoms in total. The van der Waals surface area contributed by atoms with Crippen molar-refractivity contribution in [3.8, 4) is 0 Å². The van der Waals surface area contributed by atoms with Crippen LogP contribution in [-0.4, -0.2) is 19.6 Å². The highest BCUT2D eigenvalue weighted by Crippen LogP contribution is 2.26. The zero-order chi connectivity index (χ0) is 12.0. The first-order valence-corrected chi connectivity index (χ1v) is 7.01. The second-order valence-electron chi connectivity index (χ2n) is 4.43. The number of hydrogen-bond acceptors (Lipinski definition) is 3. The Hall–Kier alpha value is -0.0900. The van der Waals surface area contributed by atoms with E-state index in [-0.39, 0.29) is 0 Å². The van der Waals surface area contributed by atoms with E-state index < -0.39 is 0 Å². The van der Waals surface area contributed by atoms with E-state index in [1.807, 2.05) is 6.92 Å². The molecule has 0 fully saturated rings. The lowest BCUT2D eigenvalue weighted by Gasteiger charge is -2.08. The van der Waals surface area contributed by atoms with E-state index in [4.69, 9.17) is 11.6 Å². The minimum Gasteiger partial charge on any atom is -0.315 e. The van der Waals surface area contributed by atoms with E-state index in [0.717, 1.165) is 37.1 Å². The molecule has 16 heavy (non-hydrogen) atoms. The molecule has 1 aromatic rings. The van der Waals surface area contributed by atoms with Gasteiger partial charge in [0.05, 0.1) is 5.02 Å². The first kappa shape index (κ1) is 14.0. The molecular formula is C12H21ClN2S. The molecule has 0 saturated carbocycles. The average molecular weight is 261 g/mol. The standard InChI is InChI=1S/C12H21ClN2S/c1-9(2)6-14-4-5-15-7-11-12(13)10(3)8-16-11/h8-9,14-15H,4-7H2,1-3H3. The zero-order valence-electron chi connectivity index (χ0n) is 10.3. The molecule has 0 atom stereocenters. The van der Waals surface area contributed by atoms with Crippen molar-refractivity contribution in [2.45, 2.75) is 27.3 Å². The highest BCUT2D eigenvalue weighted by Gasteiger charge is 2.04. The van der Waals surface area contributed by atoms with E-state index in [1.165, 1.54) is 10.4 Å². The van der Waals surface area contributed by atoms with Crippen molar-refractivity contribution in [1.29, 1.82) is 0 Å². The van der Waals surface area contributed by atoms with Gasteiger partial charge in [-0.05, 0) is 30.3 Å². The maximum Gasteiger partial charge on any atom is 0.0587 e. The van der Waals surface area contributed by atoms with Crippen LogP contribution in [0.2, 0.25) is 5.02 Å². The summed E-state index contributed by atoms with van der Waals surface area (Å²) in [6.45, 7) is 10.4. The Labute approximate surface area is 107 Å². The van der Waals surface area contributed by atoms with Crippen LogP contribution in [0.15, 0.2) is 5.38 Å². The fourth-order valence-corrected chi connectivity index (χ4v) is 2.58. The first-order chi connectivity index (χ1) is 7.61. The maximum absolute atomic E-state index is 6.15. The van der Waals surface area contributed by atoms with E-state index in [1.54, 1.807) is 11.3 Å². The number of hydrogen-bond donors (Lipinski definition) is 2. The van der Waals surface area contributed by atoms with Gasteiger partial charge in [-0.2, -0.15) is 0 Å². The van der Waals surface area contributed by atoms with Gasteiger partial charge in [0.2, 0.25) is 0 Å². The quantitative estimate of drug-likeness (QED) is 0.737. The molecule has 1 rings (SSSR count). The van der Waals surface area contributed by atoms with E-state index >= 15 is 0 Å². The third-order valence-electron chi connectivity index (χ3n) is 2.29. The SMILES string of the molecule is Cc1csc(CNCCNCC(C)C)c1Cl. The topological polar surface area (TPSA) is 24.1 Å². The summed E-state index contributed by atoms with van der Waals surface area (Å²) in [6, 6.07) is 0. The molecule has 0 aromatic carbocycles. The lowest BCUT2D eigenvalue weighted by atomic mass is 10.2. The highest BCUT2D eigenvalue weighted by atomic mass is 35.5. The monoisotopic (exact) mass is 260 g/mol. The summed E-state index contributed by atoms with van der Waals surface area (Å²) in [5.74, 6) is 0.717. The summed E-state index contributed by atoms with van der Waals surface area (Å²) < 4.78 is 0. The van der Waals surface area contributed by atoms with Crippen LogP contribution in [0, 0.1) is 12.8 Å². The van der Waals surface area contributed by atoms with Gasteiger partial charge >= 0.3 is 0 Å². The summed E-state index contributed by atoms with van der Waals surface area (Å²) in [5, 5.41) is 9.82. The van der Waals surface area contributed by atoms with Gasteiger partial charge in [0.1, 0.15) is 0 Å². The Morgan fingerprint density at radius 1 is 1.31 bits per heavy atom. The van der Waals surface area contributed by atoms with Gasteiger partial charge in [-0.3, -0.25) is 0 Å². The molecule has 0 bridgehead atoms. The fraction of sp³-hybridized carbons (Fsp3) is 0.667. The number of rotatable bonds is 7. The van der Waals surface area contributed by atoms with E-state index in [0.29, 0.717) is 0 Å². The van der Waals surface area contributed by atoms with Gasteiger partial charge in [0, 0.05) is 24.5 Å². The highest BCUT2D eigenvalue weighted by molar-refractivity contribution is 7.10. The predicted octanol–water partition coefficient (Wildman–Crippen LogP) is 3.05. The molecule has 0 amide bonds. The second kappa shape index (κ2) is 7.28. The second-order valence-corrected chi connectivity index (χ2v) is 5.77. The largest absolute Gasteiger partial charge is 0.315 e. The maximum atomic E-state index is 6.15. The fourth-order valence-electron chi connectivity index (χ4n) is 1.37. The lowest BCUT2D eigenvalue weighted by molar-refractivity contribution is 0.536. The van der Waals surface area contributed by atoms with E-state index in [9.17, 15) is 0 Å². The molecule has 0 aliphatic rings. The molecule has 0 spiro atoms. The zero-order valence-corrected chi connectivity index (χ0v) is 11.8. The first-order valence-electron chi connectivity index (χ1n) is 5.75. The van der Waals surface area contributed by atoms with Crippen molar-refractivity contribution in [3.63, 3.8) is 0 Å². The van der Waals surface area contributed by atoms with Crippen molar-refractivity contribution >= 4 is 22.9 Å². The van der Waals surface area contributed by atoms with Crippen LogP contribution < -0.4 is 10.6 Å². The third-order valence-corrected chi connectivity index (χ3v) is 4.03. The molecule has 0 radical (unpaired) electrons. The Morgan fingerprint density at radius 3 is 2.56 bits per heavy atom. The molecule has 92 valence electrons. The van der Waals surface area contributed by atoms with Crippen LogP contribution >= 0.6 is 22.9 Å². The molecule has 0 aliphatic carbocycles. The van der Waals surface area contributed by atoms with Crippen molar-refractivity contribution in [3.05, 3.63) is 20.8 Å². The number of aryl methyl sites for hydroxylation is 1. The molecule has 0 unspecified atom stereocenters. The van der Waals surface area contributed by atoms with Crippen LogP contribution in [-0.2, 0) is 6.54 Å². The van der Waals surface area contributed by atoms with Crippen molar-refractivity contribution in [2.75, 3.05) is 19.6 Å². The third kappa shape index (κ3) is 4.83. The van der Waals surface area contributed by atoms with Crippen LogP contribution in [0.25, 0.3) is 0 Å². The van der Waals surface area contributed by atoms with Gasteiger partial charge in [0.15, 0.2) is 0 Å². The van der Waals surface area contributed by atoms with Crippen LogP contribution in [0.4, 0.5) is 0 Å². The van der Waals surface area contributed by atoms with E-state index in [2.05, 4.69) is 29.9 Å². The van der Waals surface area contributed by atoms with Crippen LogP contribution in [0.5, 0.6) is 0 Å². The Balaban J connectivity index is 2.10. The van der Waals surface area contributed by atoms with Crippen molar-refractivity contribution < 1.29 is 0 Å². The molecular weight excluding hydrogens is 240 g/mol. The summed E-state index contributed by atoms with van der Waals surface area (Å²) >= 11 is 7.88. The van der Waals surface area contributed by atoms with Gasteiger partial charge in [-0.25, -0.2) is 0 Å². The van der Waals surface area contributed by atoms with Gasteiger partial charge < -0.3 is 10.6 Å². The molecule has 4 heteroatoms. The lowest BCUT2D eigenvalue weighted by Crippen LogP contribution is -2.29. The number of nitrogens with one attached hydrogen (secondary N) is 2. The molecule has 0 aliphatic heterocycles. The minimum absolute atomic E-state index is 0.717. The summed E-state index contributed by atoms with van der Waals surface area (Å²) in [7, 11) is 0. The van der Waals surface area contributed by atoms with Gasteiger partial charge in [0.25, 0.3) is 0 Å². The molecule has 1 aromatic heterocycles. The Bertz CT molecular complexity index is 310. The smallest absolute Gasteiger partial charge is 0.0587 e. The minimum atomic E-state index is 0.717. The Kier molecular flexibility index (Phi) is 6.36. The van der Waals surface area contributed by atoms with Crippen molar-refractivity contribution in [1.82, 2.24) is 10.6 Å². The summed E-state index contributed by atoms with van der Waals surface area (Å²) in [4.78, 5) is 1.24. The molecule has 1 heterocycles. The van der Waals surface area contributed by atoms with Crippen molar-refractivity contribution in [2.24, 2.45) is 5.92 Å². The average Bonchev–Trinajstić information content (AvgIpc) is 2.54. The number of halogens is 1. The molecule has 2 N–H and O–H groups in total. The van der Waals surface area contributed by atoms with Crippen LogP contribution in [0.1, 0.15) is 24.3 Å². The Morgan fingerprint density at radius 2 is 2.00 bits per heavy atom. The van der Waals surface area contributed by atoms with Gasteiger partial charge in [-0.1, -0.05) is 25.4 Å².